The summed E-state index contributed by atoms with van der Waals surface area (Å²) >= 11 is 0. The second-order valence-corrected chi connectivity index (χ2v) is 7.73. The van der Waals surface area contributed by atoms with Gasteiger partial charge in [-0.25, -0.2) is 8.42 Å². The molecule has 1 saturated heterocycles. The number of amides is 1. The van der Waals surface area contributed by atoms with Crippen molar-refractivity contribution < 1.29 is 18.1 Å². The molecule has 1 aromatic rings. The Balaban J connectivity index is 2.12. The van der Waals surface area contributed by atoms with E-state index in [0.29, 0.717) is 13.1 Å². The van der Waals surface area contributed by atoms with E-state index < -0.39 is 14.9 Å². The number of carbonyl (C=O) groups excluding carboxylic acids is 1. The number of hydrogen-bond donors (Lipinski definition) is 0. The van der Waals surface area contributed by atoms with Crippen LogP contribution in [0.25, 0.3) is 0 Å². The number of piperazine rings is 1. The zero-order chi connectivity index (χ0) is 17.9. The lowest BCUT2D eigenvalue weighted by Gasteiger charge is -2.35. The van der Waals surface area contributed by atoms with Crippen LogP contribution in [0.2, 0.25) is 0 Å². The Hall–Kier alpha value is -2.00. The molecule has 0 bridgehead atoms. The predicted molar refractivity (Wildman–Crippen MR) is 87.9 cm³/mol. The van der Waals surface area contributed by atoms with Crippen LogP contribution in [0.4, 0.5) is 5.69 Å². The summed E-state index contributed by atoms with van der Waals surface area (Å²) in [5, 5.41) is 10.8. The van der Waals surface area contributed by atoms with Crippen LogP contribution in [0.1, 0.15) is 20.3 Å². The molecule has 9 heteroatoms. The maximum absolute atomic E-state index is 12.6. The predicted octanol–water partition coefficient (Wildman–Crippen LogP) is 1.47. The Kier molecular flexibility index (Phi) is 5.55. The van der Waals surface area contributed by atoms with E-state index in [1.54, 1.807) is 4.90 Å². The van der Waals surface area contributed by atoms with Crippen LogP contribution in [0, 0.1) is 16.0 Å². The second-order valence-electron chi connectivity index (χ2n) is 5.79. The standard InChI is InChI=1S/C15H21N3O5S/c1-3-12(2)15(19)16-7-9-17(10-8-16)24(22,23)14-6-4-5-13(11-14)18(20)21/h4-6,11-12H,3,7-10H2,1-2H3/t12-/m0/s1. The van der Waals surface area contributed by atoms with Crippen LogP contribution in [0.3, 0.4) is 0 Å². The minimum atomic E-state index is -3.80. The Morgan fingerprint density at radius 2 is 1.92 bits per heavy atom. The molecule has 24 heavy (non-hydrogen) atoms. The van der Waals surface area contributed by atoms with Crippen LogP contribution in [-0.2, 0) is 14.8 Å². The smallest absolute Gasteiger partial charge is 0.270 e. The molecule has 8 nitrogen and oxygen atoms in total. The SMILES string of the molecule is CC[C@H](C)C(=O)N1CCN(S(=O)(=O)c2cccc([N+](=O)[O-])c2)CC1. The minimum absolute atomic E-state index is 0.0323. The van der Waals surface area contributed by atoms with Gasteiger partial charge in [0, 0.05) is 44.2 Å². The first-order valence-electron chi connectivity index (χ1n) is 7.80. The Bertz CT molecular complexity index is 726. The van der Waals surface area contributed by atoms with Crippen LogP contribution in [0.15, 0.2) is 29.2 Å². The summed E-state index contributed by atoms with van der Waals surface area (Å²) in [6, 6.07) is 5.01. The molecule has 1 atom stereocenters. The van der Waals surface area contributed by atoms with Gasteiger partial charge in [-0.15, -0.1) is 0 Å². The van der Waals surface area contributed by atoms with E-state index in [1.807, 2.05) is 13.8 Å². The maximum atomic E-state index is 12.6. The number of nitrogens with zero attached hydrogens (tertiary/aromatic N) is 3. The molecule has 1 heterocycles. The van der Waals surface area contributed by atoms with Crippen molar-refractivity contribution in [2.24, 2.45) is 5.92 Å². The quantitative estimate of drug-likeness (QED) is 0.588. The minimum Gasteiger partial charge on any atom is -0.340 e. The molecule has 0 radical (unpaired) electrons. The van der Waals surface area contributed by atoms with Crippen LogP contribution in [0.5, 0.6) is 0 Å². The van der Waals surface area contributed by atoms with Gasteiger partial charge in [0.25, 0.3) is 5.69 Å². The fourth-order valence-electron chi connectivity index (χ4n) is 2.54. The molecular formula is C15H21N3O5S. The fourth-order valence-corrected chi connectivity index (χ4v) is 4.00. The second kappa shape index (κ2) is 7.27. The molecule has 1 aliphatic rings. The van der Waals surface area contributed by atoms with Crippen molar-refractivity contribution in [3.05, 3.63) is 34.4 Å². The number of rotatable bonds is 5. The summed E-state index contributed by atoms with van der Waals surface area (Å²) in [4.78, 5) is 23.9. The average Bonchev–Trinajstić information content (AvgIpc) is 2.60. The van der Waals surface area contributed by atoms with Gasteiger partial charge < -0.3 is 4.90 Å². The number of hydrogen-bond acceptors (Lipinski definition) is 5. The van der Waals surface area contributed by atoms with Gasteiger partial charge in [0.1, 0.15) is 0 Å². The number of carbonyl (C=O) groups is 1. The molecular weight excluding hydrogens is 334 g/mol. The van der Waals surface area contributed by atoms with E-state index >= 15 is 0 Å². The van der Waals surface area contributed by atoms with Crippen molar-refractivity contribution in [2.45, 2.75) is 25.2 Å². The van der Waals surface area contributed by atoms with E-state index in [9.17, 15) is 23.3 Å². The van der Waals surface area contributed by atoms with Crippen LogP contribution in [-0.4, -0.2) is 54.6 Å². The average molecular weight is 355 g/mol. The molecule has 1 fully saturated rings. The van der Waals surface area contributed by atoms with Crippen molar-refractivity contribution in [1.82, 2.24) is 9.21 Å². The highest BCUT2D eigenvalue weighted by molar-refractivity contribution is 7.89. The number of benzene rings is 1. The van der Waals surface area contributed by atoms with Crippen LogP contribution < -0.4 is 0 Å². The Labute approximate surface area is 141 Å². The topological polar surface area (TPSA) is 101 Å². The van der Waals surface area contributed by atoms with Gasteiger partial charge in [0.05, 0.1) is 9.82 Å². The van der Waals surface area contributed by atoms with Crippen molar-refractivity contribution in [2.75, 3.05) is 26.2 Å². The zero-order valence-corrected chi connectivity index (χ0v) is 14.5. The molecule has 1 amide bonds. The Morgan fingerprint density at radius 1 is 1.29 bits per heavy atom. The maximum Gasteiger partial charge on any atom is 0.270 e. The molecule has 0 aromatic heterocycles. The Morgan fingerprint density at radius 3 is 2.46 bits per heavy atom. The van der Waals surface area contributed by atoms with Gasteiger partial charge in [0.15, 0.2) is 0 Å². The first-order chi connectivity index (χ1) is 11.3. The molecule has 0 unspecified atom stereocenters. The summed E-state index contributed by atoms with van der Waals surface area (Å²) in [5.74, 6) is -0.0465. The normalized spacial score (nSPS) is 17.5. The van der Waals surface area contributed by atoms with Gasteiger partial charge in [-0.1, -0.05) is 19.9 Å². The number of nitro benzene ring substituents is 1. The van der Waals surface area contributed by atoms with Gasteiger partial charge in [-0.2, -0.15) is 4.31 Å². The lowest BCUT2D eigenvalue weighted by Crippen LogP contribution is -2.51. The van der Waals surface area contributed by atoms with E-state index in [1.165, 1.54) is 22.5 Å². The van der Waals surface area contributed by atoms with Crippen molar-refractivity contribution >= 4 is 21.6 Å². The first kappa shape index (κ1) is 18.3. The first-order valence-corrected chi connectivity index (χ1v) is 9.24. The van der Waals surface area contributed by atoms with Gasteiger partial charge in [0.2, 0.25) is 15.9 Å². The monoisotopic (exact) mass is 355 g/mol. The van der Waals surface area contributed by atoms with Crippen molar-refractivity contribution in [1.29, 1.82) is 0 Å². The van der Waals surface area contributed by atoms with E-state index in [0.717, 1.165) is 12.5 Å². The third-order valence-electron chi connectivity index (χ3n) is 4.25. The molecule has 0 spiro atoms. The molecule has 1 aliphatic heterocycles. The highest BCUT2D eigenvalue weighted by Gasteiger charge is 2.31. The van der Waals surface area contributed by atoms with E-state index in [4.69, 9.17) is 0 Å². The molecule has 0 N–H and O–H groups in total. The summed E-state index contributed by atoms with van der Waals surface area (Å²) in [7, 11) is -3.80. The summed E-state index contributed by atoms with van der Waals surface area (Å²) in [5.41, 5.74) is -0.262. The van der Waals surface area contributed by atoms with Crippen molar-refractivity contribution in [3.8, 4) is 0 Å². The van der Waals surface area contributed by atoms with Gasteiger partial charge >= 0.3 is 0 Å². The summed E-state index contributed by atoms with van der Waals surface area (Å²) in [6.07, 6.45) is 0.741. The number of sulfonamides is 1. The number of nitro groups is 1. The summed E-state index contributed by atoms with van der Waals surface area (Å²) in [6.45, 7) is 4.83. The third-order valence-corrected chi connectivity index (χ3v) is 6.15. The summed E-state index contributed by atoms with van der Waals surface area (Å²) < 4.78 is 26.5. The lowest BCUT2D eigenvalue weighted by molar-refractivity contribution is -0.385. The van der Waals surface area contributed by atoms with Crippen LogP contribution >= 0.6 is 0 Å². The van der Waals surface area contributed by atoms with Crippen molar-refractivity contribution in [3.63, 3.8) is 0 Å². The highest BCUT2D eigenvalue weighted by atomic mass is 32.2. The lowest BCUT2D eigenvalue weighted by atomic mass is 10.1. The third kappa shape index (κ3) is 3.73. The fraction of sp³-hybridized carbons (Fsp3) is 0.533. The van der Waals surface area contributed by atoms with E-state index in [-0.39, 0.29) is 35.5 Å². The molecule has 2 rings (SSSR count). The van der Waals surface area contributed by atoms with E-state index in [2.05, 4.69) is 0 Å². The van der Waals surface area contributed by atoms with Gasteiger partial charge in [-0.05, 0) is 12.5 Å². The van der Waals surface area contributed by atoms with Gasteiger partial charge in [-0.3, -0.25) is 14.9 Å². The molecule has 0 aliphatic carbocycles. The largest absolute Gasteiger partial charge is 0.340 e. The highest BCUT2D eigenvalue weighted by Crippen LogP contribution is 2.22. The number of non-ortho nitro benzene ring substituents is 1. The molecule has 132 valence electrons. The molecule has 0 saturated carbocycles. The molecule has 1 aromatic carbocycles. The zero-order valence-electron chi connectivity index (χ0n) is 13.7.